The van der Waals surface area contributed by atoms with Gasteiger partial charge in [-0.3, -0.25) is 9.69 Å². The van der Waals surface area contributed by atoms with Gasteiger partial charge in [-0.25, -0.2) is 0 Å². The van der Waals surface area contributed by atoms with Crippen LogP contribution < -0.4 is 5.32 Å². The highest BCUT2D eigenvalue weighted by atomic mass is 35.5. The maximum Gasteiger partial charge on any atom is 0.240 e. The van der Waals surface area contributed by atoms with Crippen molar-refractivity contribution in [2.75, 3.05) is 52.9 Å². The monoisotopic (exact) mass is 666 g/mol. The molecule has 1 N–H and O–H groups in total. The summed E-state index contributed by atoms with van der Waals surface area (Å²) in [7, 11) is 2.11. The molecule has 0 saturated carbocycles. The van der Waals surface area contributed by atoms with Crippen LogP contribution in [0, 0.1) is 5.92 Å². The molecule has 1 heterocycles. The van der Waals surface area contributed by atoms with Crippen LogP contribution in [0.15, 0.2) is 83.4 Å². The average Bonchev–Trinajstić information content (AvgIpc) is 3.29. The van der Waals surface area contributed by atoms with Gasteiger partial charge < -0.3 is 15.1 Å². The Morgan fingerprint density at radius 1 is 0.891 bits per heavy atom. The maximum absolute atomic E-state index is 13.9. The van der Waals surface area contributed by atoms with Crippen LogP contribution in [-0.2, 0) is 17.6 Å². The lowest BCUT2D eigenvalue weighted by Gasteiger charge is -2.39. The Balaban J connectivity index is 0.000000875. The highest BCUT2D eigenvalue weighted by Crippen LogP contribution is 2.24. The summed E-state index contributed by atoms with van der Waals surface area (Å²) >= 11 is 12.4. The minimum absolute atomic E-state index is 0.188. The van der Waals surface area contributed by atoms with Gasteiger partial charge in [0, 0.05) is 48.7 Å². The lowest BCUT2D eigenvalue weighted by molar-refractivity contribution is -0.135. The van der Waals surface area contributed by atoms with Gasteiger partial charge in [-0.2, -0.15) is 0 Å². The number of carbonyl (C=O) groups excluding carboxylic acids is 1. The van der Waals surface area contributed by atoms with E-state index in [1.165, 1.54) is 16.7 Å². The van der Waals surface area contributed by atoms with Crippen LogP contribution >= 0.6 is 23.2 Å². The zero-order valence-electron chi connectivity index (χ0n) is 28.9. The Labute approximate surface area is 289 Å². The maximum atomic E-state index is 13.9. The molecule has 1 aliphatic carbocycles. The molecule has 1 aliphatic heterocycles. The molecular formula is C39H56Cl2N4O. The third-order valence-electron chi connectivity index (χ3n) is 9.25. The molecule has 0 radical (unpaired) electrons. The van der Waals surface area contributed by atoms with Crippen LogP contribution in [0.3, 0.4) is 0 Å². The zero-order chi connectivity index (χ0) is 33.5. The number of benzene rings is 2. The molecule has 1 saturated heterocycles. The molecule has 4 rings (SSSR count). The third-order valence-corrected chi connectivity index (χ3v) is 9.78. The second-order valence-electron chi connectivity index (χ2n) is 12.6. The second kappa shape index (κ2) is 20.1. The quantitative estimate of drug-likeness (QED) is 0.233. The molecular weight excluding hydrogens is 611 g/mol. The molecule has 2 aromatic carbocycles. The first kappa shape index (κ1) is 38.0. The van der Waals surface area contributed by atoms with E-state index in [0.29, 0.717) is 12.3 Å². The summed E-state index contributed by atoms with van der Waals surface area (Å²) < 4.78 is 0. The van der Waals surface area contributed by atoms with Crippen LogP contribution in [0.4, 0.5) is 0 Å². The number of amides is 1. The summed E-state index contributed by atoms with van der Waals surface area (Å²) in [6.07, 6.45) is 11.6. The Morgan fingerprint density at radius 3 is 2.15 bits per heavy atom. The van der Waals surface area contributed by atoms with Crippen molar-refractivity contribution in [1.29, 1.82) is 0 Å². The van der Waals surface area contributed by atoms with Crippen molar-refractivity contribution in [3.8, 4) is 0 Å². The summed E-state index contributed by atoms with van der Waals surface area (Å²) in [5, 5.41) is 5.24. The summed E-state index contributed by atoms with van der Waals surface area (Å²) in [6.45, 7) is 17.3. The molecule has 3 atom stereocenters. The smallest absolute Gasteiger partial charge is 0.240 e. The molecule has 2 aromatic rings. The topological polar surface area (TPSA) is 38.8 Å². The molecule has 1 amide bonds. The SMILES string of the molecule is CCN(C)CC.CCc1ccccc1C[C@@H](C)CN[C@H](CC1=CC=C(Cl)CC=C1)C(=O)N1CCN(C(C)c2ccc(Cl)cc2)CC1. The van der Waals surface area contributed by atoms with E-state index in [1.54, 1.807) is 0 Å². The molecule has 46 heavy (non-hydrogen) atoms. The van der Waals surface area contributed by atoms with Crippen molar-refractivity contribution in [2.24, 2.45) is 5.92 Å². The van der Waals surface area contributed by atoms with Gasteiger partial charge >= 0.3 is 0 Å². The van der Waals surface area contributed by atoms with Crippen molar-refractivity contribution < 1.29 is 4.79 Å². The standard InChI is InChI=1S/C34H43Cl2N3O.C5H13N/c1-4-28-9-5-6-10-30(28)22-25(2)24-37-33(23-27-8-7-11-31(35)15-12-27)34(40)39-20-18-38(19-21-39)26(3)29-13-16-32(36)17-14-29;1-4-6(3)5-2/h5-10,12-17,25-26,33,37H,4,11,18-24H2,1-3H3;4-5H2,1-3H3/t25-,26?,33-;/m1./s1. The minimum Gasteiger partial charge on any atom is -0.339 e. The molecule has 252 valence electrons. The van der Waals surface area contributed by atoms with E-state index >= 15 is 0 Å². The number of hydrogen-bond acceptors (Lipinski definition) is 4. The molecule has 1 fully saturated rings. The fourth-order valence-electron chi connectivity index (χ4n) is 5.88. The number of nitrogens with one attached hydrogen (secondary N) is 1. The predicted molar refractivity (Wildman–Crippen MR) is 198 cm³/mol. The van der Waals surface area contributed by atoms with E-state index in [9.17, 15) is 4.79 Å². The first-order chi connectivity index (χ1) is 22.1. The van der Waals surface area contributed by atoms with Gasteiger partial charge in [-0.05, 0) is 99.3 Å². The lowest BCUT2D eigenvalue weighted by atomic mass is 9.95. The van der Waals surface area contributed by atoms with Crippen LogP contribution in [-0.4, -0.2) is 79.5 Å². The van der Waals surface area contributed by atoms with Gasteiger partial charge in [-0.1, -0.05) is 106 Å². The Morgan fingerprint density at radius 2 is 1.54 bits per heavy atom. The van der Waals surface area contributed by atoms with Crippen LogP contribution in [0.25, 0.3) is 0 Å². The Hall–Kier alpha value is -2.41. The van der Waals surface area contributed by atoms with Gasteiger partial charge in [0.1, 0.15) is 0 Å². The molecule has 0 aromatic heterocycles. The van der Waals surface area contributed by atoms with Crippen LogP contribution in [0.5, 0.6) is 0 Å². The molecule has 1 unspecified atom stereocenters. The van der Waals surface area contributed by atoms with Crippen molar-refractivity contribution in [3.05, 3.63) is 105 Å². The van der Waals surface area contributed by atoms with E-state index in [2.05, 4.69) is 111 Å². The molecule has 7 heteroatoms. The van der Waals surface area contributed by atoms with E-state index in [-0.39, 0.29) is 18.0 Å². The van der Waals surface area contributed by atoms with Crippen molar-refractivity contribution in [3.63, 3.8) is 0 Å². The first-order valence-electron chi connectivity index (χ1n) is 17.1. The molecule has 0 spiro atoms. The predicted octanol–water partition coefficient (Wildman–Crippen LogP) is 8.30. The van der Waals surface area contributed by atoms with Gasteiger partial charge in [0.15, 0.2) is 0 Å². The Bertz CT molecular complexity index is 1290. The van der Waals surface area contributed by atoms with Crippen LogP contribution in [0.1, 0.15) is 70.2 Å². The molecule has 0 bridgehead atoms. The van der Waals surface area contributed by atoms with E-state index < -0.39 is 0 Å². The van der Waals surface area contributed by atoms with E-state index in [4.69, 9.17) is 23.2 Å². The van der Waals surface area contributed by atoms with Crippen LogP contribution in [0.2, 0.25) is 5.02 Å². The third kappa shape index (κ3) is 12.3. The number of piperazine rings is 1. The summed E-state index contributed by atoms with van der Waals surface area (Å²) in [4.78, 5) is 20.7. The van der Waals surface area contributed by atoms with E-state index in [0.717, 1.165) is 80.7 Å². The molecule has 2 aliphatic rings. The highest BCUT2D eigenvalue weighted by Gasteiger charge is 2.30. The summed E-state index contributed by atoms with van der Waals surface area (Å²) in [6, 6.07) is 16.8. The van der Waals surface area contributed by atoms with E-state index in [1.807, 2.05) is 23.1 Å². The highest BCUT2D eigenvalue weighted by molar-refractivity contribution is 6.30. The average molecular weight is 668 g/mol. The fraction of sp³-hybridized carbons (Fsp3) is 0.513. The van der Waals surface area contributed by atoms with Crippen molar-refractivity contribution in [2.45, 2.75) is 72.4 Å². The van der Waals surface area contributed by atoms with Gasteiger partial charge in [0.05, 0.1) is 6.04 Å². The number of allylic oxidation sites excluding steroid dienone is 5. The van der Waals surface area contributed by atoms with Gasteiger partial charge in [0.2, 0.25) is 5.91 Å². The first-order valence-corrected chi connectivity index (χ1v) is 17.9. The summed E-state index contributed by atoms with van der Waals surface area (Å²) in [5.74, 6) is 0.599. The van der Waals surface area contributed by atoms with Crippen molar-refractivity contribution in [1.82, 2.24) is 20.0 Å². The van der Waals surface area contributed by atoms with Gasteiger partial charge in [-0.15, -0.1) is 0 Å². The number of aryl methyl sites for hydroxylation is 1. The number of carbonyl (C=O) groups is 1. The lowest BCUT2D eigenvalue weighted by Crippen LogP contribution is -2.54. The molecule has 5 nitrogen and oxygen atoms in total. The normalized spacial score (nSPS) is 17.4. The Kier molecular flexibility index (Phi) is 16.6. The second-order valence-corrected chi connectivity index (χ2v) is 13.6. The number of halogens is 2. The summed E-state index contributed by atoms with van der Waals surface area (Å²) in [5.41, 5.74) is 5.19. The zero-order valence-corrected chi connectivity index (χ0v) is 30.5. The number of rotatable bonds is 13. The fourth-order valence-corrected chi connectivity index (χ4v) is 6.16. The minimum atomic E-state index is -0.273. The number of nitrogens with zero attached hydrogens (tertiary/aromatic N) is 3. The van der Waals surface area contributed by atoms with Crippen molar-refractivity contribution >= 4 is 29.1 Å². The van der Waals surface area contributed by atoms with Gasteiger partial charge in [0.25, 0.3) is 0 Å². The largest absolute Gasteiger partial charge is 0.339 e. The number of hydrogen-bond donors (Lipinski definition) is 1.